The third kappa shape index (κ3) is 5.18. The molecule has 0 saturated carbocycles. The highest BCUT2D eigenvalue weighted by Gasteiger charge is 2.20. The van der Waals surface area contributed by atoms with E-state index < -0.39 is 0 Å². The SMILES string of the molecule is CCOC(=O)CN1CCCN(C(=O)CCc2ccco2)CC1. The maximum absolute atomic E-state index is 12.3. The van der Waals surface area contributed by atoms with Crippen molar-refractivity contribution in [3.63, 3.8) is 0 Å². The van der Waals surface area contributed by atoms with E-state index in [0.717, 1.165) is 25.3 Å². The Balaban J connectivity index is 1.74. The normalized spacial score (nSPS) is 16.3. The van der Waals surface area contributed by atoms with Crippen molar-refractivity contribution in [1.29, 1.82) is 0 Å². The summed E-state index contributed by atoms with van der Waals surface area (Å²) in [5, 5.41) is 0. The number of ether oxygens (including phenoxy) is 1. The van der Waals surface area contributed by atoms with Gasteiger partial charge in [0.25, 0.3) is 0 Å². The Labute approximate surface area is 131 Å². The first-order chi connectivity index (χ1) is 10.7. The van der Waals surface area contributed by atoms with Gasteiger partial charge in [-0.2, -0.15) is 0 Å². The van der Waals surface area contributed by atoms with E-state index in [2.05, 4.69) is 4.90 Å². The van der Waals surface area contributed by atoms with Gasteiger partial charge in [-0.3, -0.25) is 14.5 Å². The minimum Gasteiger partial charge on any atom is -0.469 e. The molecule has 2 rings (SSSR count). The summed E-state index contributed by atoms with van der Waals surface area (Å²) in [7, 11) is 0. The fourth-order valence-electron chi connectivity index (χ4n) is 2.61. The first-order valence-electron chi connectivity index (χ1n) is 7.87. The fourth-order valence-corrected chi connectivity index (χ4v) is 2.61. The minimum atomic E-state index is -0.194. The third-order valence-corrected chi connectivity index (χ3v) is 3.76. The van der Waals surface area contributed by atoms with Gasteiger partial charge in [0.05, 0.1) is 19.4 Å². The van der Waals surface area contributed by atoms with Crippen LogP contribution in [-0.2, 0) is 20.7 Å². The van der Waals surface area contributed by atoms with Crippen molar-refractivity contribution >= 4 is 11.9 Å². The highest BCUT2D eigenvalue weighted by molar-refractivity contribution is 5.76. The summed E-state index contributed by atoms with van der Waals surface area (Å²) in [4.78, 5) is 27.7. The maximum Gasteiger partial charge on any atom is 0.320 e. The van der Waals surface area contributed by atoms with Crippen molar-refractivity contribution in [3.8, 4) is 0 Å². The Hall–Kier alpha value is -1.82. The summed E-state index contributed by atoms with van der Waals surface area (Å²) in [6.45, 7) is 5.46. The number of hydrogen-bond acceptors (Lipinski definition) is 5. The van der Waals surface area contributed by atoms with E-state index in [9.17, 15) is 9.59 Å². The number of amides is 1. The van der Waals surface area contributed by atoms with Crippen molar-refractivity contribution in [3.05, 3.63) is 24.2 Å². The molecule has 1 fully saturated rings. The second kappa shape index (κ2) is 8.58. The van der Waals surface area contributed by atoms with Crippen LogP contribution in [0.3, 0.4) is 0 Å². The molecule has 6 heteroatoms. The predicted octanol–water partition coefficient (Wildman–Crippen LogP) is 1.31. The molecule has 0 bridgehead atoms. The summed E-state index contributed by atoms with van der Waals surface area (Å²) in [5.74, 6) is 0.793. The van der Waals surface area contributed by atoms with Crippen LogP contribution in [-0.4, -0.2) is 61.0 Å². The van der Waals surface area contributed by atoms with Crippen LogP contribution in [0.1, 0.15) is 25.5 Å². The van der Waals surface area contributed by atoms with Gasteiger partial charge < -0.3 is 14.1 Å². The van der Waals surface area contributed by atoms with Crippen molar-refractivity contribution in [2.45, 2.75) is 26.2 Å². The Morgan fingerprint density at radius 3 is 2.86 bits per heavy atom. The van der Waals surface area contributed by atoms with Crippen LogP contribution in [0, 0.1) is 0 Å². The highest BCUT2D eigenvalue weighted by atomic mass is 16.5. The van der Waals surface area contributed by atoms with Crippen LogP contribution in [0.4, 0.5) is 0 Å². The molecular weight excluding hydrogens is 284 g/mol. The number of furan rings is 1. The molecule has 0 N–H and O–H groups in total. The number of rotatable bonds is 6. The average Bonchev–Trinajstić information content (AvgIpc) is 2.91. The number of esters is 1. The summed E-state index contributed by atoms with van der Waals surface area (Å²) < 4.78 is 10.2. The van der Waals surface area contributed by atoms with Crippen molar-refractivity contribution < 1.29 is 18.7 Å². The third-order valence-electron chi connectivity index (χ3n) is 3.76. The van der Waals surface area contributed by atoms with Crippen LogP contribution >= 0.6 is 0 Å². The molecule has 6 nitrogen and oxygen atoms in total. The van der Waals surface area contributed by atoms with Crippen molar-refractivity contribution in [1.82, 2.24) is 9.80 Å². The first-order valence-corrected chi connectivity index (χ1v) is 7.87. The summed E-state index contributed by atoms with van der Waals surface area (Å²) in [6, 6.07) is 3.72. The van der Waals surface area contributed by atoms with E-state index in [0.29, 0.717) is 39.1 Å². The lowest BCUT2D eigenvalue weighted by atomic mass is 10.2. The average molecular weight is 308 g/mol. The van der Waals surface area contributed by atoms with Gasteiger partial charge in [0.15, 0.2) is 0 Å². The van der Waals surface area contributed by atoms with E-state index >= 15 is 0 Å². The van der Waals surface area contributed by atoms with E-state index in [-0.39, 0.29) is 11.9 Å². The van der Waals surface area contributed by atoms with E-state index in [1.54, 1.807) is 13.2 Å². The molecule has 22 heavy (non-hydrogen) atoms. The molecule has 0 unspecified atom stereocenters. The zero-order chi connectivity index (χ0) is 15.8. The predicted molar refractivity (Wildman–Crippen MR) is 81.3 cm³/mol. The van der Waals surface area contributed by atoms with Crippen LogP contribution in [0.15, 0.2) is 22.8 Å². The molecule has 1 aromatic rings. The lowest BCUT2D eigenvalue weighted by Crippen LogP contribution is -2.37. The molecule has 1 aromatic heterocycles. The van der Waals surface area contributed by atoms with Gasteiger partial charge in [0, 0.05) is 39.0 Å². The molecular formula is C16H24N2O4. The lowest BCUT2D eigenvalue weighted by molar-refractivity contribution is -0.144. The van der Waals surface area contributed by atoms with Crippen LogP contribution in [0.2, 0.25) is 0 Å². The first kappa shape index (κ1) is 16.5. The van der Waals surface area contributed by atoms with Gasteiger partial charge in [-0.05, 0) is 25.5 Å². The molecule has 0 aromatic carbocycles. The summed E-state index contributed by atoms with van der Waals surface area (Å²) in [6.07, 6.45) is 3.60. The number of aryl methyl sites for hydroxylation is 1. The Morgan fingerprint density at radius 1 is 1.27 bits per heavy atom. The number of carbonyl (C=O) groups is 2. The topological polar surface area (TPSA) is 63.0 Å². The summed E-state index contributed by atoms with van der Waals surface area (Å²) >= 11 is 0. The van der Waals surface area contributed by atoms with Crippen LogP contribution < -0.4 is 0 Å². The van der Waals surface area contributed by atoms with Crippen LogP contribution in [0.5, 0.6) is 0 Å². The number of nitrogens with zero attached hydrogens (tertiary/aromatic N) is 2. The van der Waals surface area contributed by atoms with Gasteiger partial charge in [-0.1, -0.05) is 0 Å². The zero-order valence-corrected chi connectivity index (χ0v) is 13.1. The van der Waals surface area contributed by atoms with E-state index in [4.69, 9.17) is 9.15 Å². The molecule has 122 valence electrons. The maximum atomic E-state index is 12.3. The Kier molecular flexibility index (Phi) is 6.45. The van der Waals surface area contributed by atoms with Gasteiger partial charge in [0.1, 0.15) is 5.76 Å². The van der Waals surface area contributed by atoms with Gasteiger partial charge >= 0.3 is 5.97 Å². The molecule has 0 spiro atoms. The standard InChI is InChI=1S/C16H24N2O4/c1-2-21-16(20)13-17-8-4-9-18(11-10-17)15(19)7-6-14-5-3-12-22-14/h3,5,12H,2,4,6-11,13H2,1H3. The molecule has 1 aliphatic heterocycles. The van der Waals surface area contributed by atoms with Gasteiger partial charge in [-0.25, -0.2) is 0 Å². The van der Waals surface area contributed by atoms with Gasteiger partial charge in [-0.15, -0.1) is 0 Å². The van der Waals surface area contributed by atoms with Gasteiger partial charge in [0.2, 0.25) is 5.91 Å². The highest BCUT2D eigenvalue weighted by Crippen LogP contribution is 2.09. The smallest absolute Gasteiger partial charge is 0.320 e. The molecule has 0 aliphatic carbocycles. The lowest BCUT2D eigenvalue weighted by Gasteiger charge is -2.21. The van der Waals surface area contributed by atoms with Crippen molar-refractivity contribution in [2.75, 3.05) is 39.3 Å². The second-order valence-corrected chi connectivity index (χ2v) is 5.39. The molecule has 0 atom stereocenters. The minimum absolute atomic E-state index is 0.148. The largest absolute Gasteiger partial charge is 0.469 e. The number of carbonyl (C=O) groups excluding carboxylic acids is 2. The quantitative estimate of drug-likeness (QED) is 0.742. The van der Waals surface area contributed by atoms with E-state index in [1.165, 1.54) is 0 Å². The Bertz CT molecular complexity index is 473. The molecule has 1 aliphatic rings. The Morgan fingerprint density at radius 2 is 2.14 bits per heavy atom. The van der Waals surface area contributed by atoms with E-state index in [1.807, 2.05) is 17.0 Å². The summed E-state index contributed by atoms with van der Waals surface area (Å²) in [5.41, 5.74) is 0. The molecule has 0 radical (unpaired) electrons. The fraction of sp³-hybridized carbons (Fsp3) is 0.625. The monoisotopic (exact) mass is 308 g/mol. The second-order valence-electron chi connectivity index (χ2n) is 5.39. The van der Waals surface area contributed by atoms with Crippen molar-refractivity contribution in [2.24, 2.45) is 0 Å². The van der Waals surface area contributed by atoms with Crippen LogP contribution in [0.25, 0.3) is 0 Å². The molecule has 2 heterocycles. The zero-order valence-electron chi connectivity index (χ0n) is 13.1. The number of hydrogen-bond donors (Lipinski definition) is 0. The molecule has 1 saturated heterocycles. The molecule has 1 amide bonds.